The molecule has 1 saturated heterocycles. The van der Waals surface area contributed by atoms with Gasteiger partial charge in [-0.05, 0) is 37.8 Å². The molecule has 1 aromatic carbocycles. The number of carbonyl (C=O) groups excluding carboxylic acids is 2. The van der Waals surface area contributed by atoms with Gasteiger partial charge in [0.05, 0.1) is 17.2 Å². The van der Waals surface area contributed by atoms with E-state index in [9.17, 15) is 14.0 Å². The molecule has 9 heteroatoms. The molecule has 2 aliphatic rings. The van der Waals surface area contributed by atoms with Crippen molar-refractivity contribution in [3.05, 3.63) is 30.1 Å². The van der Waals surface area contributed by atoms with Crippen LogP contribution in [0.15, 0.2) is 29.4 Å². The number of rotatable bonds is 6. The summed E-state index contributed by atoms with van der Waals surface area (Å²) in [5.41, 5.74) is 5.81. The number of thioether (sulfide) groups is 1. The zero-order valence-electron chi connectivity index (χ0n) is 15.4. The van der Waals surface area contributed by atoms with Crippen LogP contribution >= 0.6 is 11.8 Å². The SMILES string of the molecule is NC(=O)[C@H]1CCCN(C(=O)CSc2nnc(-c3ccccc3F)n2C2CC2)C1. The Kier molecular flexibility index (Phi) is 5.34. The standard InChI is InChI=1S/C19H22FN5O2S/c20-15-6-2-1-5-14(15)18-22-23-19(25(18)13-7-8-13)28-11-16(26)24-9-3-4-12(10-24)17(21)27/h1-2,5-6,12-13H,3-4,7-11H2,(H2,21,27)/t12-/m0/s1. The first kappa shape index (κ1) is 18.9. The fourth-order valence-corrected chi connectivity index (χ4v) is 4.43. The highest BCUT2D eigenvalue weighted by atomic mass is 32.2. The Morgan fingerprint density at radius 1 is 1.21 bits per heavy atom. The molecule has 0 bridgehead atoms. The van der Waals surface area contributed by atoms with Crippen LogP contribution in [0.2, 0.25) is 0 Å². The molecule has 1 saturated carbocycles. The molecule has 2 N–H and O–H groups in total. The van der Waals surface area contributed by atoms with Crippen LogP contribution in [-0.2, 0) is 9.59 Å². The third kappa shape index (κ3) is 3.89. The molecular formula is C19H22FN5O2S. The number of aromatic nitrogens is 3. The lowest BCUT2D eigenvalue weighted by Gasteiger charge is -2.31. The van der Waals surface area contributed by atoms with Crippen LogP contribution in [-0.4, -0.2) is 50.3 Å². The van der Waals surface area contributed by atoms with Crippen molar-refractivity contribution < 1.29 is 14.0 Å². The Bertz CT molecular complexity index is 898. The third-order valence-electron chi connectivity index (χ3n) is 5.19. The van der Waals surface area contributed by atoms with Crippen LogP contribution in [0.4, 0.5) is 4.39 Å². The molecule has 148 valence electrons. The zero-order valence-corrected chi connectivity index (χ0v) is 16.2. The lowest BCUT2D eigenvalue weighted by atomic mass is 9.97. The van der Waals surface area contributed by atoms with E-state index < -0.39 is 0 Å². The number of piperidine rings is 1. The second kappa shape index (κ2) is 7.90. The van der Waals surface area contributed by atoms with Crippen molar-refractivity contribution in [1.82, 2.24) is 19.7 Å². The van der Waals surface area contributed by atoms with E-state index in [-0.39, 0.29) is 35.3 Å². The highest BCUT2D eigenvalue weighted by Gasteiger charge is 2.32. The van der Waals surface area contributed by atoms with Crippen LogP contribution in [0.5, 0.6) is 0 Å². The van der Waals surface area contributed by atoms with Gasteiger partial charge in [-0.3, -0.25) is 14.2 Å². The predicted molar refractivity (Wildman–Crippen MR) is 103 cm³/mol. The Morgan fingerprint density at radius 2 is 2.00 bits per heavy atom. The highest BCUT2D eigenvalue weighted by Crippen LogP contribution is 2.41. The second-order valence-corrected chi connectivity index (χ2v) is 8.20. The van der Waals surface area contributed by atoms with Gasteiger partial charge in [0.15, 0.2) is 11.0 Å². The Balaban J connectivity index is 1.48. The normalized spacial score (nSPS) is 19.6. The van der Waals surface area contributed by atoms with Crippen molar-refractivity contribution in [3.63, 3.8) is 0 Å². The summed E-state index contributed by atoms with van der Waals surface area (Å²) in [5, 5.41) is 9.04. The minimum atomic E-state index is -0.354. The summed E-state index contributed by atoms with van der Waals surface area (Å²) < 4.78 is 16.2. The maximum Gasteiger partial charge on any atom is 0.233 e. The van der Waals surface area contributed by atoms with E-state index in [0.29, 0.717) is 29.6 Å². The fraction of sp³-hybridized carbons (Fsp3) is 0.474. The van der Waals surface area contributed by atoms with Crippen LogP contribution in [0.1, 0.15) is 31.7 Å². The van der Waals surface area contributed by atoms with Crippen molar-refractivity contribution in [1.29, 1.82) is 0 Å². The minimum absolute atomic E-state index is 0.0475. The van der Waals surface area contributed by atoms with E-state index in [0.717, 1.165) is 25.7 Å². The van der Waals surface area contributed by atoms with Crippen molar-refractivity contribution in [2.45, 2.75) is 36.9 Å². The molecular weight excluding hydrogens is 381 g/mol. The van der Waals surface area contributed by atoms with Gasteiger partial charge >= 0.3 is 0 Å². The molecule has 4 rings (SSSR count). The molecule has 28 heavy (non-hydrogen) atoms. The molecule has 2 aromatic rings. The number of benzene rings is 1. The summed E-state index contributed by atoms with van der Waals surface area (Å²) in [6.07, 6.45) is 3.49. The average molecular weight is 403 g/mol. The van der Waals surface area contributed by atoms with Crippen molar-refractivity contribution in [2.75, 3.05) is 18.8 Å². The number of primary amides is 1. The molecule has 0 unspecified atom stereocenters. The average Bonchev–Trinajstić information content (AvgIpc) is 3.46. The number of halogens is 1. The van der Waals surface area contributed by atoms with Crippen molar-refractivity contribution in [2.24, 2.45) is 11.7 Å². The summed E-state index contributed by atoms with van der Waals surface area (Å²) in [6, 6.07) is 6.75. The third-order valence-corrected chi connectivity index (χ3v) is 6.12. The minimum Gasteiger partial charge on any atom is -0.369 e. The second-order valence-electron chi connectivity index (χ2n) is 7.26. The van der Waals surface area contributed by atoms with E-state index in [1.807, 2.05) is 4.57 Å². The number of likely N-dealkylation sites (tertiary alicyclic amines) is 1. The first-order valence-corrected chi connectivity index (χ1v) is 10.4. The van der Waals surface area contributed by atoms with E-state index in [1.165, 1.54) is 17.8 Å². The summed E-state index contributed by atoms with van der Waals surface area (Å²) in [5.74, 6) is -0.307. The number of hydrogen-bond donors (Lipinski definition) is 1. The van der Waals surface area contributed by atoms with Gasteiger partial charge in [0.1, 0.15) is 5.82 Å². The molecule has 1 aliphatic heterocycles. The number of nitrogens with two attached hydrogens (primary N) is 1. The number of hydrogen-bond acceptors (Lipinski definition) is 5. The van der Waals surface area contributed by atoms with E-state index in [4.69, 9.17) is 5.73 Å². The Labute approximate surface area is 166 Å². The van der Waals surface area contributed by atoms with Crippen molar-refractivity contribution >= 4 is 23.6 Å². The first-order valence-electron chi connectivity index (χ1n) is 9.44. The molecule has 2 fully saturated rings. The molecule has 0 radical (unpaired) electrons. The van der Waals surface area contributed by atoms with E-state index >= 15 is 0 Å². The topological polar surface area (TPSA) is 94.1 Å². The highest BCUT2D eigenvalue weighted by molar-refractivity contribution is 7.99. The molecule has 0 spiro atoms. The quantitative estimate of drug-likeness (QED) is 0.747. The van der Waals surface area contributed by atoms with Crippen LogP contribution in [0, 0.1) is 11.7 Å². The summed E-state index contributed by atoms with van der Waals surface area (Å²) in [6.45, 7) is 1.02. The number of carbonyl (C=O) groups is 2. The lowest BCUT2D eigenvalue weighted by Crippen LogP contribution is -2.44. The summed E-state index contributed by atoms with van der Waals surface area (Å²) in [4.78, 5) is 25.7. The summed E-state index contributed by atoms with van der Waals surface area (Å²) >= 11 is 1.31. The van der Waals surface area contributed by atoms with Gasteiger partial charge in [0.2, 0.25) is 11.8 Å². The fourth-order valence-electron chi connectivity index (χ4n) is 3.52. The van der Waals surface area contributed by atoms with Crippen molar-refractivity contribution in [3.8, 4) is 11.4 Å². The first-order chi connectivity index (χ1) is 13.5. The lowest BCUT2D eigenvalue weighted by molar-refractivity contribution is -0.132. The van der Waals surface area contributed by atoms with Gasteiger partial charge in [-0.1, -0.05) is 23.9 Å². The largest absolute Gasteiger partial charge is 0.369 e. The molecule has 1 aromatic heterocycles. The predicted octanol–water partition coefficient (Wildman–Crippen LogP) is 2.24. The maximum atomic E-state index is 14.2. The Morgan fingerprint density at radius 3 is 2.71 bits per heavy atom. The number of nitrogens with zero attached hydrogens (tertiary/aromatic N) is 4. The zero-order chi connectivity index (χ0) is 19.7. The van der Waals surface area contributed by atoms with Gasteiger partial charge in [-0.25, -0.2) is 4.39 Å². The smallest absolute Gasteiger partial charge is 0.233 e. The van der Waals surface area contributed by atoms with Crippen LogP contribution in [0.25, 0.3) is 11.4 Å². The van der Waals surface area contributed by atoms with Gasteiger partial charge in [0, 0.05) is 19.1 Å². The molecule has 7 nitrogen and oxygen atoms in total. The van der Waals surface area contributed by atoms with E-state index in [1.54, 1.807) is 23.1 Å². The van der Waals surface area contributed by atoms with Crippen LogP contribution < -0.4 is 5.73 Å². The summed E-state index contributed by atoms with van der Waals surface area (Å²) in [7, 11) is 0. The maximum absolute atomic E-state index is 14.2. The number of amides is 2. The van der Waals surface area contributed by atoms with Gasteiger partial charge < -0.3 is 10.6 Å². The molecule has 1 aliphatic carbocycles. The van der Waals surface area contributed by atoms with Gasteiger partial charge in [-0.2, -0.15) is 0 Å². The molecule has 1 atom stereocenters. The molecule has 2 amide bonds. The van der Waals surface area contributed by atoms with E-state index in [2.05, 4.69) is 10.2 Å². The van der Waals surface area contributed by atoms with Gasteiger partial charge in [0.25, 0.3) is 0 Å². The molecule has 2 heterocycles. The monoisotopic (exact) mass is 403 g/mol. The Hall–Kier alpha value is -2.42. The van der Waals surface area contributed by atoms with Gasteiger partial charge in [-0.15, -0.1) is 10.2 Å². The van der Waals surface area contributed by atoms with Crippen LogP contribution in [0.3, 0.4) is 0 Å².